The highest BCUT2D eigenvalue weighted by atomic mass is 127. The van der Waals surface area contributed by atoms with Crippen LogP contribution in [0.5, 0.6) is 0 Å². The number of rotatable bonds is 1. The van der Waals surface area contributed by atoms with E-state index in [4.69, 9.17) is 0 Å². The van der Waals surface area contributed by atoms with Gasteiger partial charge in [0.1, 0.15) is 0 Å². The van der Waals surface area contributed by atoms with Gasteiger partial charge in [0.25, 0.3) is 0 Å². The standard InChI is InChI=1S/C11H19I/c12-11-8-4-7-10(11)9-5-2-1-3-6-9/h9-11H,1-8H2/t10-,11-/m0/s1. The first-order valence-corrected chi connectivity index (χ1v) is 6.76. The first kappa shape index (κ1) is 9.29. The summed E-state index contributed by atoms with van der Waals surface area (Å²) in [6.07, 6.45) is 12.2. The van der Waals surface area contributed by atoms with E-state index in [0.717, 1.165) is 15.8 Å². The van der Waals surface area contributed by atoms with Gasteiger partial charge < -0.3 is 0 Å². The predicted molar refractivity (Wildman–Crippen MR) is 61.7 cm³/mol. The van der Waals surface area contributed by atoms with Crippen molar-refractivity contribution in [3.63, 3.8) is 0 Å². The molecule has 2 rings (SSSR count). The molecule has 0 heterocycles. The molecule has 0 spiro atoms. The molecule has 0 radical (unpaired) electrons. The van der Waals surface area contributed by atoms with E-state index in [1.807, 2.05) is 0 Å². The van der Waals surface area contributed by atoms with Crippen LogP contribution in [0, 0.1) is 11.8 Å². The molecule has 0 N–H and O–H groups in total. The Morgan fingerprint density at radius 3 is 2.08 bits per heavy atom. The van der Waals surface area contributed by atoms with Gasteiger partial charge in [0.2, 0.25) is 0 Å². The summed E-state index contributed by atoms with van der Waals surface area (Å²) in [5.74, 6) is 2.22. The molecule has 0 unspecified atom stereocenters. The van der Waals surface area contributed by atoms with E-state index in [1.165, 1.54) is 38.5 Å². The van der Waals surface area contributed by atoms with Crippen molar-refractivity contribution in [2.75, 3.05) is 0 Å². The van der Waals surface area contributed by atoms with E-state index in [-0.39, 0.29) is 0 Å². The normalized spacial score (nSPS) is 38.8. The first-order valence-electron chi connectivity index (χ1n) is 5.52. The van der Waals surface area contributed by atoms with Crippen LogP contribution in [-0.4, -0.2) is 3.92 Å². The summed E-state index contributed by atoms with van der Waals surface area (Å²) in [5.41, 5.74) is 0. The lowest BCUT2D eigenvalue weighted by atomic mass is 9.79. The van der Waals surface area contributed by atoms with Gasteiger partial charge in [-0.1, -0.05) is 61.1 Å². The second-order valence-electron chi connectivity index (χ2n) is 4.51. The third kappa shape index (κ3) is 1.97. The monoisotopic (exact) mass is 278 g/mol. The highest BCUT2D eigenvalue weighted by Crippen LogP contribution is 2.42. The molecule has 70 valence electrons. The van der Waals surface area contributed by atoms with Crippen molar-refractivity contribution in [3.8, 4) is 0 Å². The van der Waals surface area contributed by atoms with Crippen molar-refractivity contribution in [2.24, 2.45) is 11.8 Å². The third-order valence-corrected chi connectivity index (χ3v) is 5.28. The fourth-order valence-electron chi connectivity index (χ4n) is 3.04. The van der Waals surface area contributed by atoms with Crippen molar-refractivity contribution < 1.29 is 0 Å². The molecule has 2 saturated carbocycles. The van der Waals surface area contributed by atoms with Crippen LogP contribution < -0.4 is 0 Å². The Morgan fingerprint density at radius 1 is 0.750 bits per heavy atom. The summed E-state index contributed by atoms with van der Waals surface area (Å²) in [6.45, 7) is 0. The van der Waals surface area contributed by atoms with Gasteiger partial charge in [-0.25, -0.2) is 0 Å². The zero-order valence-corrected chi connectivity index (χ0v) is 9.92. The van der Waals surface area contributed by atoms with Crippen LogP contribution in [0.25, 0.3) is 0 Å². The van der Waals surface area contributed by atoms with Gasteiger partial charge in [0.15, 0.2) is 0 Å². The topological polar surface area (TPSA) is 0 Å². The molecule has 0 aliphatic heterocycles. The summed E-state index contributed by atoms with van der Waals surface area (Å²) >= 11 is 2.70. The minimum absolute atomic E-state index is 1.02. The van der Waals surface area contributed by atoms with Crippen molar-refractivity contribution in [1.82, 2.24) is 0 Å². The second kappa shape index (κ2) is 4.30. The van der Waals surface area contributed by atoms with Gasteiger partial charge in [0, 0.05) is 3.92 Å². The third-order valence-electron chi connectivity index (χ3n) is 3.74. The number of hydrogen-bond donors (Lipinski definition) is 0. The van der Waals surface area contributed by atoms with Gasteiger partial charge in [-0.2, -0.15) is 0 Å². The molecule has 0 aromatic rings. The van der Waals surface area contributed by atoms with Crippen molar-refractivity contribution in [1.29, 1.82) is 0 Å². The molecule has 2 aliphatic rings. The quantitative estimate of drug-likeness (QED) is 0.499. The molecule has 0 aromatic heterocycles. The molecule has 2 aliphatic carbocycles. The molecule has 0 saturated heterocycles. The smallest absolute Gasteiger partial charge is 0.0140 e. The fourth-order valence-corrected chi connectivity index (χ4v) is 4.42. The molecule has 12 heavy (non-hydrogen) atoms. The first-order chi connectivity index (χ1) is 5.88. The Morgan fingerprint density at radius 2 is 1.50 bits per heavy atom. The Hall–Kier alpha value is 0.730. The summed E-state index contributed by atoms with van der Waals surface area (Å²) in [7, 11) is 0. The van der Waals surface area contributed by atoms with Crippen molar-refractivity contribution in [3.05, 3.63) is 0 Å². The van der Waals surface area contributed by atoms with Crippen molar-refractivity contribution in [2.45, 2.75) is 55.3 Å². The van der Waals surface area contributed by atoms with Gasteiger partial charge >= 0.3 is 0 Å². The highest BCUT2D eigenvalue weighted by molar-refractivity contribution is 14.1. The van der Waals surface area contributed by atoms with Gasteiger partial charge in [-0.05, 0) is 24.7 Å². The minimum atomic E-state index is 1.02. The molecular weight excluding hydrogens is 259 g/mol. The fraction of sp³-hybridized carbons (Fsp3) is 1.00. The molecule has 0 bridgehead atoms. The SMILES string of the molecule is I[C@H]1CCC[C@H]1C1CCCCC1. The van der Waals surface area contributed by atoms with Gasteiger partial charge in [-0.3, -0.25) is 0 Å². The largest absolute Gasteiger partial charge is 0.0823 e. The molecular formula is C11H19I. The Bertz CT molecular complexity index is 138. The van der Waals surface area contributed by atoms with Crippen LogP contribution in [0.4, 0.5) is 0 Å². The molecule has 0 nitrogen and oxygen atoms in total. The molecule has 0 amide bonds. The maximum Gasteiger partial charge on any atom is 0.0140 e. The maximum absolute atomic E-state index is 2.70. The average molecular weight is 278 g/mol. The lowest BCUT2D eigenvalue weighted by Crippen LogP contribution is -2.21. The van der Waals surface area contributed by atoms with Crippen LogP contribution >= 0.6 is 22.6 Å². The molecule has 2 atom stereocenters. The van der Waals surface area contributed by atoms with Crippen LogP contribution in [-0.2, 0) is 0 Å². The van der Waals surface area contributed by atoms with E-state index >= 15 is 0 Å². The van der Waals surface area contributed by atoms with E-state index in [0.29, 0.717) is 0 Å². The lowest BCUT2D eigenvalue weighted by Gasteiger charge is -2.29. The summed E-state index contributed by atoms with van der Waals surface area (Å²) in [4.78, 5) is 0. The van der Waals surface area contributed by atoms with E-state index in [1.54, 1.807) is 12.8 Å². The van der Waals surface area contributed by atoms with Gasteiger partial charge in [-0.15, -0.1) is 0 Å². The van der Waals surface area contributed by atoms with E-state index < -0.39 is 0 Å². The number of alkyl halides is 1. The Kier molecular flexibility index (Phi) is 3.33. The van der Waals surface area contributed by atoms with Crippen LogP contribution in [0.2, 0.25) is 0 Å². The van der Waals surface area contributed by atoms with Crippen LogP contribution in [0.3, 0.4) is 0 Å². The summed E-state index contributed by atoms with van der Waals surface area (Å²) in [5, 5.41) is 0. The molecule has 1 heteroatoms. The van der Waals surface area contributed by atoms with Crippen LogP contribution in [0.1, 0.15) is 51.4 Å². The van der Waals surface area contributed by atoms with E-state index in [2.05, 4.69) is 22.6 Å². The summed E-state index contributed by atoms with van der Waals surface area (Å²) < 4.78 is 1.02. The molecule has 0 aromatic carbocycles. The minimum Gasteiger partial charge on any atom is -0.0823 e. The molecule has 2 fully saturated rings. The van der Waals surface area contributed by atoms with E-state index in [9.17, 15) is 0 Å². The van der Waals surface area contributed by atoms with Gasteiger partial charge in [0.05, 0.1) is 0 Å². The zero-order valence-electron chi connectivity index (χ0n) is 7.77. The number of halogens is 1. The predicted octanol–water partition coefficient (Wildman–Crippen LogP) is 4.17. The maximum atomic E-state index is 2.70. The second-order valence-corrected chi connectivity index (χ2v) is 6.11. The lowest BCUT2D eigenvalue weighted by molar-refractivity contribution is 0.259. The highest BCUT2D eigenvalue weighted by Gasteiger charge is 2.32. The Balaban J connectivity index is 1.89. The van der Waals surface area contributed by atoms with Crippen LogP contribution in [0.15, 0.2) is 0 Å². The van der Waals surface area contributed by atoms with Crippen molar-refractivity contribution >= 4 is 22.6 Å². The summed E-state index contributed by atoms with van der Waals surface area (Å²) in [6, 6.07) is 0. The number of hydrogen-bond acceptors (Lipinski definition) is 0. The Labute approximate surface area is 89.6 Å². The average Bonchev–Trinajstić information content (AvgIpc) is 2.53. The zero-order chi connectivity index (χ0) is 8.39.